The first-order valence-electron chi connectivity index (χ1n) is 9.46. The lowest BCUT2D eigenvalue weighted by Gasteiger charge is -2.14. The van der Waals surface area contributed by atoms with Gasteiger partial charge in [0, 0.05) is 12.3 Å². The maximum absolute atomic E-state index is 11.7. The summed E-state index contributed by atoms with van der Waals surface area (Å²) in [5.41, 5.74) is -0.308. The van der Waals surface area contributed by atoms with Gasteiger partial charge in [-0.3, -0.25) is 13.9 Å². The molecule has 0 aliphatic carbocycles. The lowest BCUT2D eigenvalue weighted by atomic mass is 10.1. The number of amides is 1. The third-order valence-electron chi connectivity index (χ3n) is 4.54. The van der Waals surface area contributed by atoms with Gasteiger partial charge in [-0.25, -0.2) is 5.26 Å². The first kappa shape index (κ1) is 27.4. The summed E-state index contributed by atoms with van der Waals surface area (Å²) < 4.78 is 70.2. The quantitative estimate of drug-likeness (QED) is 0.0863. The van der Waals surface area contributed by atoms with Gasteiger partial charge in [0.05, 0.1) is 27.5 Å². The Bertz CT molecular complexity index is 1600. The van der Waals surface area contributed by atoms with Gasteiger partial charge in [0.25, 0.3) is 20.2 Å². The summed E-state index contributed by atoms with van der Waals surface area (Å²) in [5, 5.41) is 33.0. The van der Waals surface area contributed by atoms with E-state index in [1.165, 1.54) is 18.2 Å². The average Bonchev–Trinajstić information content (AvgIpc) is 2.74. The molecule has 0 unspecified atom stereocenters. The molecule has 0 atom stereocenters. The molecular weight excluding hydrogens is 542 g/mol. The first-order chi connectivity index (χ1) is 16.7. The van der Waals surface area contributed by atoms with Gasteiger partial charge < -0.3 is 10.4 Å². The van der Waals surface area contributed by atoms with Gasteiger partial charge in [-0.05, 0) is 48.2 Å². The van der Waals surface area contributed by atoms with Gasteiger partial charge in [-0.2, -0.15) is 16.8 Å². The highest BCUT2D eigenvalue weighted by atomic mass is 32.2. The van der Waals surface area contributed by atoms with E-state index in [1.54, 1.807) is 6.92 Å². The van der Waals surface area contributed by atoms with Crippen molar-refractivity contribution in [2.75, 3.05) is 5.32 Å². The summed E-state index contributed by atoms with van der Waals surface area (Å²) in [6.07, 6.45) is 0. The van der Waals surface area contributed by atoms with Crippen molar-refractivity contribution in [2.24, 2.45) is 10.2 Å². The van der Waals surface area contributed by atoms with Crippen molar-refractivity contribution < 1.29 is 50.5 Å². The Morgan fingerprint density at radius 2 is 1.72 bits per heavy atom. The van der Waals surface area contributed by atoms with E-state index < -0.39 is 41.7 Å². The number of nitrogens with zero attached hydrogens (tertiary/aromatic N) is 2. The highest BCUT2D eigenvalue weighted by Crippen LogP contribution is 2.47. The standard InChI is InChI=1S/C19H17N3O11S3/c1-9-3-4-16(36(29,30)31)13(5-9)21-22-18-15(34-33-32-25)7-11-6-12(35(26,27)28)8-14(20-10(2)23)17(11)19(18)24/h3-8,24-25H,1-2H3,(H,20,23)(H,26,27,28)(H,29,30,31). The van der Waals surface area contributed by atoms with Crippen molar-refractivity contribution in [2.45, 2.75) is 28.5 Å². The number of aromatic hydroxyl groups is 1. The van der Waals surface area contributed by atoms with E-state index in [1.807, 2.05) is 0 Å². The number of carbonyl (C=O) groups is 1. The molecular formula is C19H17N3O11S3. The van der Waals surface area contributed by atoms with Gasteiger partial charge in [0.15, 0.2) is 5.75 Å². The molecule has 0 aliphatic heterocycles. The molecule has 1 amide bonds. The van der Waals surface area contributed by atoms with Crippen molar-refractivity contribution in [1.29, 1.82) is 0 Å². The van der Waals surface area contributed by atoms with Crippen LogP contribution in [-0.2, 0) is 34.4 Å². The number of azo groups is 1. The van der Waals surface area contributed by atoms with E-state index in [0.29, 0.717) is 17.6 Å². The Labute approximate surface area is 208 Å². The molecule has 17 heteroatoms. The molecule has 192 valence electrons. The van der Waals surface area contributed by atoms with E-state index in [4.69, 9.17) is 5.26 Å². The van der Waals surface area contributed by atoms with E-state index >= 15 is 0 Å². The van der Waals surface area contributed by atoms with Crippen LogP contribution in [-0.4, -0.2) is 42.2 Å². The Morgan fingerprint density at radius 1 is 1.03 bits per heavy atom. The zero-order chi connectivity index (χ0) is 26.8. The molecule has 0 heterocycles. The van der Waals surface area contributed by atoms with Crippen LogP contribution in [0.1, 0.15) is 12.5 Å². The molecule has 5 N–H and O–H groups in total. The molecule has 0 bridgehead atoms. The van der Waals surface area contributed by atoms with E-state index in [9.17, 15) is 35.8 Å². The summed E-state index contributed by atoms with van der Waals surface area (Å²) in [7, 11) is -9.42. The summed E-state index contributed by atoms with van der Waals surface area (Å²) in [5.74, 6) is -1.31. The maximum atomic E-state index is 11.7. The highest BCUT2D eigenvalue weighted by Gasteiger charge is 2.22. The molecule has 36 heavy (non-hydrogen) atoms. The molecule has 0 radical (unpaired) electrons. The fourth-order valence-electron chi connectivity index (χ4n) is 3.14. The van der Waals surface area contributed by atoms with Crippen LogP contribution in [0.5, 0.6) is 5.75 Å². The lowest BCUT2D eigenvalue weighted by molar-refractivity contribution is -0.432. The molecule has 0 spiro atoms. The average molecular weight is 560 g/mol. The predicted molar refractivity (Wildman–Crippen MR) is 126 cm³/mol. The lowest BCUT2D eigenvalue weighted by Crippen LogP contribution is -2.08. The summed E-state index contributed by atoms with van der Waals surface area (Å²) >= 11 is 0.304. The molecule has 3 aromatic rings. The van der Waals surface area contributed by atoms with Crippen LogP contribution >= 0.6 is 12.0 Å². The number of rotatable bonds is 8. The van der Waals surface area contributed by atoms with Crippen LogP contribution in [0.4, 0.5) is 17.1 Å². The number of hydrogen-bond acceptors (Lipinski definition) is 12. The topological polar surface area (TPSA) is 221 Å². The van der Waals surface area contributed by atoms with Gasteiger partial charge >= 0.3 is 0 Å². The number of carbonyl (C=O) groups excluding carboxylic acids is 1. The molecule has 3 rings (SSSR count). The van der Waals surface area contributed by atoms with Crippen molar-refractivity contribution in [3.63, 3.8) is 0 Å². The van der Waals surface area contributed by atoms with Gasteiger partial charge in [0.2, 0.25) is 5.91 Å². The zero-order valence-electron chi connectivity index (χ0n) is 18.2. The third-order valence-corrected chi connectivity index (χ3v) is 6.89. The van der Waals surface area contributed by atoms with Crippen LogP contribution in [0.2, 0.25) is 0 Å². The number of phenolic OH excluding ortho intramolecular Hbond substituents is 1. The second-order valence-electron chi connectivity index (χ2n) is 7.17. The summed E-state index contributed by atoms with van der Waals surface area (Å²) in [6.45, 7) is 2.75. The van der Waals surface area contributed by atoms with E-state index in [-0.39, 0.29) is 32.7 Å². The Morgan fingerprint density at radius 3 is 2.31 bits per heavy atom. The Balaban J connectivity index is 2.35. The molecule has 0 aromatic heterocycles. The van der Waals surface area contributed by atoms with Gasteiger partial charge in [-0.1, -0.05) is 11.1 Å². The van der Waals surface area contributed by atoms with E-state index in [0.717, 1.165) is 25.1 Å². The minimum atomic E-state index is -4.73. The predicted octanol–water partition coefficient (Wildman–Crippen LogP) is 4.15. The highest BCUT2D eigenvalue weighted by molar-refractivity contribution is 7.94. The van der Waals surface area contributed by atoms with Crippen molar-refractivity contribution >= 4 is 66.0 Å². The summed E-state index contributed by atoms with van der Waals surface area (Å²) in [4.78, 5) is 10.4. The van der Waals surface area contributed by atoms with Crippen LogP contribution in [0.15, 0.2) is 61.3 Å². The van der Waals surface area contributed by atoms with Gasteiger partial charge in [0.1, 0.15) is 16.3 Å². The second kappa shape index (κ2) is 10.4. The molecule has 3 aromatic carbocycles. The molecule has 0 fully saturated rings. The fourth-order valence-corrected chi connectivity index (χ4v) is 4.78. The minimum Gasteiger partial charge on any atom is -0.505 e. The summed E-state index contributed by atoms with van der Waals surface area (Å²) in [6, 6.07) is 6.90. The van der Waals surface area contributed by atoms with Crippen molar-refractivity contribution in [1.82, 2.24) is 0 Å². The third kappa shape index (κ3) is 6.15. The number of fused-ring (bicyclic) bond motifs is 1. The fraction of sp³-hybridized carbons (Fsp3) is 0.105. The Kier molecular flexibility index (Phi) is 7.96. The largest absolute Gasteiger partial charge is 0.505 e. The van der Waals surface area contributed by atoms with E-state index in [2.05, 4.69) is 24.9 Å². The smallest absolute Gasteiger partial charge is 0.296 e. The number of phenols is 1. The normalized spacial score (nSPS) is 12.4. The van der Waals surface area contributed by atoms with Crippen molar-refractivity contribution in [3.05, 3.63) is 42.0 Å². The molecule has 14 nitrogen and oxygen atoms in total. The number of benzene rings is 3. The van der Waals surface area contributed by atoms with Crippen LogP contribution in [0.25, 0.3) is 10.8 Å². The van der Waals surface area contributed by atoms with Crippen LogP contribution in [0, 0.1) is 6.92 Å². The zero-order valence-corrected chi connectivity index (χ0v) is 20.7. The number of anilines is 1. The first-order valence-corrected chi connectivity index (χ1v) is 13.1. The van der Waals surface area contributed by atoms with Crippen LogP contribution in [0.3, 0.4) is 0 Å². The SMILES string of the molecule is CC(=O)Nc1cc(S(=O)(=O)O)cc2cc(SOOO)c(N=Nc3cc(C)ccc3S(=O)(=O)O)c(O)c12. The molecule has 0 saturated carbocycles. The van der Waals surface area contributed by atoms with Crippen LogP contribution < -0.4 is 5.32 Å². The molecule has 0 aliphatic rings. The maximum Gasteiger partial charge on any atom is 0.296 e. The Hall–Kier alpha value is -3.16. The monoisotopic (exact) mass is 559 g/mol. The minimum absolute atomic E-state index is 0.0245. The van der Waals surface area contributed by atoms with Crippen molar-refractivity contribution in [3.8, 4) is 5.75 Å². The van der Waals surface area contributed by atoms with Gasteiger partial charge in [-0.15, -0.1) is 14.6 Å². The second-order valence-corrected chi connectivity index (χ2v) is 10.7. The number of hydrogen-bond donors (Lipinski definition) is 5. The molecule has 0 saturated heterocycles. The number of nitrogens with one attached hydrogen (secondary N) is 1. The number of aryl methyl sites for hydroxylation is 1.